The van der Waals surface area contributed by atoms with Gasteiger partial charge in [0.05, 0.1) is 5.02 Å². The minimum Gasteiger partial charge on any atom is -0.207 e. The molecule has 1 rings (SSSR count). The van der Waals surface area contributed by atoms with Crippen LogP contribution in [0.3, 0.4) is 0 Å². The highest BCUT2D eigenvalue weighted by molar-refractivity contribution is 7.89. The van der Waals surface area contributed by atoms with Gasteiger partial charge in [0.1, 0.15) is 10.7 Å². The lowest BCUT2D eigenvalue weighted by Gasteiger charge is -2.21. The molecule has 0 spiro atoms. The van der Waals surface area contributed by atoms with E-state index in [1.165, 1.54) is 17.3 Å². The molecule has 1 aromatic carbocycles. The van der Waals surface area contributed by atoms with Crippen LogP contribution in [0.5, 0.6) is 0 Å². The SMILES string of the molecule is C=C(C)CN(CC)S(=O)(=O)c1cc(C)c(F)cc1Cl. The van der Waals surface area contributed by atoms with E-state index >= 15 is 0 Å². The van der Waals surface area contributed by atoms with Gasteiger partial charge in [0.2, 0.25) is 10.0 Å². The van der Waals surface area contributed by atoms with E-state index < -0.39 is 15.8 Å². The van der Waals surface area contributed by atoms with E-state index in [9.17, 15) is 12.8 Å². The topological polar surface area (TPSA) is 37.4 Å². The van der Waals surface area contributed by atoms with E-state index in [1.54, 1.807) is 13.8 Å². The number of hydrogen-bond donors (Lipinski definition) is 0. The van der Waals surface area contributed by atoms with Crippen LogP contribution in [0.4, 0.5) is 4.39 Å². The Morgan fingerprint density at radius 3 is 2.53 bits per heavy atom. The zero-order valence-electron chi connectivity index (χ0n) is 11.2. The summed E-state index contributed by atoms with van der Waals surface area (Å²) < 4.78 is 39.5. The van der Waals surface area contributed by atoms with Crippen LogP contribution in [0.1, 0.15) is 19.4 Å². The Balaban J connectivity index is 3.33. The summed E-state index contributed by atoms with van der Waals surface area (Å²) in [5, 5.41) is -0.108. The molecule has 0 saturated carbocycles. The molecular formula is C13H17ClFNO2S. The summed E-state index contributed by atoms with van der Waals surface area (Å²) in [4.78, 5) is -0.0730. The molecule has 0 aliphatic carbocycles. The van der Waals surface area contributed by atoms with E-state index in [0.29, 0.717) is 6.54 Å². The number of hydrogen-bond acceptors (Lipinski definition) is 2. The maximum absolute atomic E-state index is 13.3. The molecule has 0 aromatic heterocycles. The van der Waals surface area contributed by atoms with Crippen molar-refractivity contribution in [2.75, 3.05) is 13.1 Å². The third-order valence-corrected chi connectivity index (χ3v) is 5.02. The predicted octanol–water partition coefficient (Wildman–Crippen LogP) is 3.37. The van der Waals surface area contributed by atoms with E-state index in [0.717, 1.165) is 11.6 Å². The van der Waals surface area contributed by atoms with Crippen molar-refractivity contribution in [1.82, 2.24) is 4.31 Å². The summed E-state index contributed by atoms with van der Waals surface area (Å²) in [6.45, 7) is 9.18. The summed E-state index contributed by atoms with van der Waals surface area (Å²) in [6.07, 6.45) is 0. The zero-order valence-corrected chi connectivity index (χ0v) is 12.8. The summed E-state index contributed by atoms with van der Waals surface area (Å²) in [5.74, 6) is -0.521. The Kier molecular flexibility index (Phi) is 5.12. The second-order valence-electron chi connectivity index (χ2n) is 4.42. The van der Waals surface area contributed by atoms with Crippen molar-refractivity contribution >= 4 is 21.6 Å². The first kappa shape index (κ1) is 16.1. The van der Waals surface area contributed by atoms with Crippen LogP contribution in [-0.4, -0.2) is 25.8 Å². The van der Waals surface area contributed by atoms with Crippen LogP contribution < -0.4 is 0 Å². The molecule has 0 aliphatic heterocycles. The fraction of sp³-hybridized carbons (Fsp3) is 0.385. The highest BCUT2D eigenvalue weighted by atomic mass is 35.5. The van der Waals surface area contributed by atoms with Gasteiger partial charge in [-0.05, 0) is 31.5 Å². The van der Waals surface area contributed by atoms with Crippen LogP contribution in [0.25, 0.3) is 0 Å². The minimum atomic E-state index is -3.74. The largest absolute Gasteiger partial charge is 0.244 e. The summed E-state index contributed by atoms with van der Waals surface area (Å²) in [7, 11) is -3.74. The molecule has 1 aromatic rings. The standard InChI is InChI=1S/C13H17ClFNO2S/c1-5-16(8-9(2)3)19(17,18)13-6-10(4)12(15)7-11(13)14/h6-7H,2,5,8H2,1,3-4H3. The van der Waals surface area contributed by atoms with Crippen LogP contribution in [0, 0.1) is 12.7 Å². The molecule has 0 N–H and O–H groups in total. The van der Waals surface area contributed by atoms with Crippen molar-refractivity contribution in [3.05, 3.63) is 40.7 Å². The first-order chi connectivity index (χ1) is 8.70. The van der Waals surface area contributed by atoms with Crippen LogP contribution in [0.15, 0.2) is 29.2 Å². The molecule has 0 saturated heterocycles. The number of benzene rings is 1. The summed E-state index contributed by atoms with van der Waals surface area (Å²) in [5.41, 5.74) is 0.967. The minimum absolute atomic E-state index is 0.0730. The number of likely N-dealkylation sites (N-methyl/N-ethyl adjacent to an activating group) is 1. The Morgan fingerprint density at radius 1 is 1.47 bits per heavy atom. The van der Waals surface area contributed by atoms with Gasteiger partial charge in [-0.25, -0.2) is 12.8 Å². The van der Waals surface area contributed by atoms with Crippen LogP contribution in [0.2, 0.25) is 5.02 Å². The van der Waals surface area contributed by atoms with Gasteiger partial charge < -0.3 is 0 Å². The molecule has 0 amide bonds. The van der Waals surface area contributed by atoms with Crippen molar-refractivity contribution in [3.63, 3.8) is 0 Å². The molecule has 0 aliphatic rings. The fourth-order valence-electron chi connectivity index (χ4n) is 1.64. The highest BCUT2D eigenvalue weighted by Gasteiger charge is 2.26. The first-order valence-corrected chi connectivity index (χ1v) is 7.62. The third kappa shape index (κ3) is 3.55. The number of halogens is 2. The van der Waals surface area contributed by atoms with Crippen molar-refractivity contribution in [3.8, 4) is 0 Å². The van der Waals surface area contributed by atoms with E-state index in [2.05, 4.69) is 6.58 Å². The van der Waals surface area contributed by atoms with Crippen molar-refractivity contribution in [1.29, 1.82) is 0 Å². The monoisotopic (exact) mass is 305 g/mol. The molecule has 0 radical (unpaired) electrons. The second-order valence-corrected chi connectivity index (χ2v) is 6.73. The lowest BCUT2D eigenvalue weighted by molar-refractivity contribution is 0.452. The molecule has 0 fully saturated rings. The van der Waals surface area contributed by atoms with Gasteiger partial charge in [-0.15, -0.1) is 0 Å². The first-order valence-electron chi connectivity index (χ1n) is 5.80. The average molecular weight is 306 g/mol. The van der Waals surface area contributed by atoms with Gasteiger partial charge in [0.15, 0.2) is 0 Å². The van der Waals surface area contributed by atoms with Gasteiger partial charge in [0.25, 0.3) is 0 Å². The smallest absolute Gasteiger partial charge is 0.207 e. The molecule has 106 valence electrons. The molecule has 0 bridgehead atoms. The predicted molar refractivity (Wildman–Crippen MR) is 75.4 cm³/mol. The van der Waals surface area contributed by atoms with E-state index in [4.69, 9.17) is 11.6 Å². The highest BCUT2D eigenvalue weighted by Crippen LogP contribution is 2.27. The van der Waals surface area contributed by atoms with Crippen molar-refractivity contribution in [2.24, 2.45) is 0 Å². The fourth-order valence-corrected chi connectivity index (χ4v) is 3.72. The summed E-state index contributed by atoms with van der Waals surface area (Å²) >= 11 is 5.86. The summed E-state index contributed by atoms with van der Waals surface area (Å²) in [6, 6.07) is 2.28. The lowest BCUT2D eigenvalue weighted by Crippen LogP contribution is -2.32. The molecule has 0 unspecified atom stereocenters. The van der Waals surface area contributed by atoms with Crippen molar-refractivity contribution in [2.45, 2.75) is 25.7 Å². The molecule has 3 nitrogen and oxygen atoms in total. The molecule has 6 heteroatoms. The van der Waals surface area contributed by atoms with Gasteiger partial charge in [0, 0.05) is 13.1 Å². The molecule has 19 heavy (non-hydrogen) atoms. The number of sulfonamides is 1. The van der Waals surface area contributed by atoms with E-state index in [-0.39, 0.29) is 22.0 Å². The number of rotatable bonds is 5. The van der Waals surface area contributed by atoms with Gasteiger partial charge >= 0.3 is 0 Å². The number of nitrogens with zero attached hydrogens (tertiary/aromatic N) is 1. The van der Waals surface area contributed by atoms with E-state index in [1.807, 2.05) is 0 Å². The maximum atomic E-state index is 13.3. The van der Waals surface area contributed by atoms with Gasteiger partial charge in [-0.3, -0.25) is 0 Å². The maximum Gasteiger partial charge on any atom is 0.244 e. The normalized spacial score (nSPS) is 11.9. The quantitative estimate of drug-likeness (QED) is 0.782. The molecular weight excluding hydrogens is 289 g/mol. The molecule has 0 heterocycles. The number of aryl methyl sites for hydroxylation is 1. The van der Waals surface area contributed by atoms with Crippen LogP contribution >= 0.6 is 11.6 Å². The Labute approximate surface area is 118 Å². The zero-order chi connectivity index (χ0) is 14.8. The third-order valence-electron chi connectivity index (χ3n) is 2.63. The Bertz CT molecular complexity index is 599. The molecule has 0 atom stereocenters. The Morgan fingerprint density at radius 2 is 2.05 bits per heavy atom. The van der Waals surface area contributed by atoms with Gasteiger partial charge in [-0.2, -0.15) is 4.31 Å². The van der Waals surface area contributed by atoms with Crippen molar-refractivity contribution < 1.29 is 12.8 Å². The van der Waals surface area contributed by atoms with Gasteiger partial charge in [-0.1, -0.05) is 30.7 Å². The Hall–Kier alpha value is -0.910. The second kappa shape index (κ2) is 6.03. The average Bonchev–Trinajstić information content (AvgIpc) is 2.30. The van der Waals surface area contributed by atoms with Crippen LogP contribution in [-0.2, 0) is 10.0 Å². The lowest BCUT2D eigenvalue weighted by atomic mass is 10.2.